The molecule has 18 heavy (non-hydrogen) atoms. The molecule has 0 aromatic carbocycles. The highest BCUT2D eigenvalue weighted by Gasteiger charge is 2.07. The second-order valence-electron chi connectivity index (χ2n) is 3.50. The Balaban J connectivity index is 2.87. The third kappa shape index (κ3) is 3.79. The van der Waals surface area contributed by atoms with E-state index in [9.17, 15) is 9.90 Å². The van der Waals surface area contributed by atoms with Gasteiger partial charge in [-0.3, -0.25) is 0 Å². The van der Waals surface area contributed by atoms with Gasteiger partial charge in [-0.15, -0.1) is 0 Å². The van der Waals surface area contributed by atoms with Crippen molar-refractivity contribution < 1.29 is 9.90 Å². The molecule has 0 aliphatic heterocycles. The number of aromatic nitrogens is 1. The topological polar surface area (TPSA) is 104 Å². The molecule has 0 saturated carbocycles. The summed E-state index contributed by atoms with van der Waals surface area (Å²) in [5, 5.41) is 14.3. The van der Waals surface area contributed by atoms with Crippen LogP contribution in [0, 0.1) is 0 Å². The monoisotopic (exact) mass is 251 g/mol. The lowest BCUT2D eigenvalue weighted by molar-refractivity contribution is -0.107. The van der Waals surface area contributed by atoms with Crippen molar-refractivity contribution in [1.82, 2.24) is 10.4 Å². The number of hydrogen-bond donors (Lipinski definition) is 3. The van der Waals surface area contributed by atoms with Crippen LogP contribution in [0.5, 0.6) is 0 Å². The second kappa shape index (κ2) is 7.36. The fourth-order valence-electron chi connectivity index (χ4n) is 1.33. The van der Waals surface area contributed by atoms with Crippen molar-refractivity contribution in [2.75, 3.05) is 11.6 Å². The summed E-state index contributed by atoms with van der Waals surface area (Å²) in [5.74, 6) is 6.15. The molecule has 7 nitrogen and oxygen atoms in total. The van der Waals surface area contributed by atoms with Gasteiger partial charge in [0.1, 0.15) is 18.4 Å². The number of hydrazine groups is 1. The van der Waals surface area contributed by atoms with Gasteiger partial charge < -0.3 is 15.3 Å². The highest BCUT2D eigenvalue weighted by atomic mass is 16.3. The number of carbonyl (C=O) groups is 1. The van der Waals surface area contributed by atoms with E-state index in [2.05, 4.69) is 15.5 Å². The van der Waals surface area contributed by atoms with Gasteiger partial charge in [0, 0.05) is 19.2 Å². The second-order valence-corrected chi connectivity index (χ2v) is 3.50. The lowest BCUT2D eigenvalue weighted by Gasteiger charge is -2.13. The minimum atomic E-state index is -0.170. The number of pyridine rings is 1. The van der Waals surface area contributed by atoms with Crippen LogP contribution in [0.2, 0.25) is 0 Å². The standard InChI is InChI=1S/C11H17N5O2/c1-2-14-15-8-16(12)11-5-10(7-18)9(3-4-17)6-13-11/h4-6,8,14,18H,2-3,7,12H2,1H3/b15-8-. The zero-order valence-electron chi connectivity index (χ0n) is 10.2. The molecule has 1 heterocycles. The Morgan fingerprint density at radius 1 is 1.61 bits per heavy atom. The van der Waals surface area contributed by atoms with Crippen LogP contribution >= 0.6 is 0 Å². The summed E-state index contributed by atoms with van der Waals surface area (Å²) in [7, 11) is 0. The van der Waals surface area contributed by atoms with Gasteiger partial charge in [-0.2, -0.15) is 5.10 Å². The quantitative estimate of drug-likeness (QED) is 0.199. The Labute approximate surface area is 105 Å². The molecule has 0 saturated heterocycles. The van der Waals surface area contributed by atoms with E-state index >= 15 is 0 Å². The Hall–Kier alpha value is -1.99. The lowest BCUT2D eigenvalue weighted by Crippen LogP contribution is -2.31. The van der Waals surface area contributed by atoms with Crippen LogP contribution in [0.25, 0.3) is 0 Å². The number of nitrogens with two attached hydrogens (primary N) is 1. The van der Waals surface area contributed by atoms with E-state index in [1.54, 1.807) is 6.07 Å². The van der Waals surface area contributed by atoms with Crippen molar-refractivity contribution in [3.63, 3.8) is 0 Å². The van der Waals surface area contributed by atoms with Crippen molar-refractivity contribution in [1.29, 1.82) is 0 Å². The predicted molar refractivity (Wildman–Crippen MR) is 68.8 cm³/mol. The van der Waals surface area contributed by atoms with E-state index < -0.39 is 0 Å². The maximum absolute atomic E-state index is 10.5. The largest absolute Gasteiger partial charge is 0.392 e. The van der Waals surface area contributed by atoms with Gasteiger partial charge in [0.25, 0.3) is 0 Å². The average Bonchev–Trinajstić information content (AvgIpc) is 2.39. The Bertz CT molecular complexity index is 422. The predicted octanol–water partition coefficient (Wildman–Crippen LogP) is -0.452. The number of anilines is 1. The van der Waals surface area contributed by atoms with E-state index in [4.69, 9.17) is 5.84 Å². The summed E-state index contributed by atoms with van der Waals surface area (Å²) in [4.78, 5) is 14.6. The molecule has 0 unspecified atom stereocenters. The molecule has 0 aliphatic carbocycles. The minimum absolute atomic E-state index is 0.170. The Kier molecular flexibility index (Phi) is 5.75. The molecule has 0 amide bonds. The fourth-order valence-corrected chi connectivity index (χ4v) is 1.33. The van der Waals surface area contributed by atoms with Crippen molar-refractivity contribution in [3.8, 4) is 0 Å². The first kappa shape index (κ1) is 14.1. The molecule has 0 spiro atoms. The number of carbonyl (C=O) groups excluding carboxylic acids is 1. The molecule has 0 fully saturated rings. The highest BCUT2D eigenvalue weighted by Crippen LogP contribution is 2.14. The van der Waals surface area contributed by atoms with Gasteiger partial charge in [-0.1, -0.05) is 0 Å². The molecule has 98 valence electrons. The molecule has 1 aromatic rings. The van der Waals surface area contributed by atoms with E-state index in [1.807, 2.05) is 6.92 Å². The van der Waals surface area contributed by atoms with E-state index in [0.717, 1.165) is 6.29 Å². The summed E-state index contributed by atoms with van der Waals surface area (Å²) >= 11 is 0. The first-order chi connectivity index (χ1) is 8.72. The number of aldehydes is 1. The number of aliphatic hydroxyl groups excluding tert-OH is 1. The molecule has 0 aliphatic rings. The molecule has 0 bridgehead atoms. The van der Waals surface area contributed by atoms with Crippen LogP contribution in [-0.4, -0.2) is 29.3 Å². The van der Waals surface area contributed by atoms with E-state index in [1.165, 1.54) is 17.5 Å². The molecule has 4 N–H and O–H groups in total. The SMILES string of the molecule is CCN/N=C\N(N)c1cc(CO)c(CC=O)cn1. The first-order valence-electron chi connectivity index (χ1n) is 5.55. The van der Waals surface area contributed by atoms with Gasteiger partial charge in [-0.05, 0) is 24.1 Å². The third-order valence-electron chi connectivity index (χ3n) is 2.24. The molecular weight excluding hydrogens is 234 g/mol. The Morgan fingerprint density at radius 2 is 2.39 bits per heavy atom. The van der Waals surface area contributed by atoms with Gasteiger partial charge in [0.15, 0.2) is 0 Å². The van der Waals surface area contributed by atoms with Crippen molar-refractivity contribution >= 4 is 18.4 Å². The zero-order chi connectivity index (χ0) is 13.4. The smallest absolute Gasteiger partial charge is 0.148 e. The molecule has 1 aromatic heterocycles. The van der Waals surface area contributed by atoms with Crippen LogP contribution in [0.4, 0.5) is 5.82 Å². The maximum Gasteiger partial charge on any atom is 0.148 e. The van der Waals surface area contributed by atoms with E-state index in [-0.39, 0.29) is 13.0 Å². The molecule has 7 heteroatoms. The van der Waals surface area contributed by atoms with Gasteiger partial charge >= 0.3 is 0 Å². The molecule has 0 atom stereocenters. The summed E-state index contributed by atoms with van der Waals surface area (Å²) in [5.41, 5.74) is 4.05. The maximum atomic E-state index is 10.5. The molecule has 1 rings (SSSR count). The number of hydrazone groups is 1. The van der Waals surface area contributed by atoms with Crippen LogP contribution in [0.1, 0.15) is 18.1 Å². The zero-order valence-corrected chi connectivity index (χ0v) is 10.2. The summed E-state index contributed by atoms with van der Waals surface area (Å²) in [6, 6.07) is 1.62. The fraction of sp³-hybridized carbons (Fsp3) is 0.364. The van der Waals surface area contributed by atoms with Crippen LogP contribution in [-0.2, 0) is 17.8 Å². The van der Waals surface area contributed by atoms with Crippen LogP contribution < -0.4 is 16.3 Å². The molecule has 0 radical (unpaired) electrons. The Morgan fingerprint density at radius 3 is 3.00 bits per heavy atom. The first-order valence-corrected chi connectivity index (χ1v) is 5.55. The molecular formula is C11H17N5O2. The average molecular weight is 251 g/mol. The summed E-state index contributed by atoms with van der Waals surface area (Å²) in [6.07, 6.45) is 3.89. The normalized spacial score (nSPS) is 10.6. The number of aliphatic hydroxyl groups is 1. The highest BCUT2D eigenvalue weighted by molar-refractivity contribution is 5.75. The van der Waals surface area contributed by atoms with Gasteiger partial charge in [0.2, 0.25) is 0 Å². The van der Waals surface area contributed by atoms with E-state index in [0.29, 0.717) is 23.5 Å². The van der Waals surface area contributed by atoms with Crippen molar-refractivity contribution in [3.05, 3.63) is 23.4 Å². The number of hydrogen-bond acceptors (Lipinski definition) is 6. The summed E-state index contributed by atoms with van der Waals surface area (Å²) in [6.45, 7) is 2.43. The van der Waals surface area contributed by atoms with Gasteiger partial charge in [-0.25, -0.2) is 15.8 Å². The van der Waals surface area contributed by atoms with Crippen LogP contribution in [0.3, 0.4) is 0 Å². The number of nitrogens with one attached hydrogen (secondary N) is 1. The number of nitrogens with zero attached hydrogens (tertiary/aromatic N) is 3. The lowest BCUT2D eigenvalue weighted by atomic mass is 10.1. The minimum Gasteiger partial charge on any atom is -0.392 e. The van der Waals surface area contributed by atoms with Crippen molar-refractivity contribution in [2.45, 2.75) is 20.0 Å². The van der Waals surface area contributed by atoms with Crippen LogP contribution in [0.15, 0.2) is 17.4 Å². The van der Waals surface area contributed by atoms with Crippen molar-refractivity contribution in [2.24, 2.45) is 10.9 Å². The third-order valence-corrected chi connectivity index (χ3v) is 2.24. The van der Waals surface area contributed by atoms with Gasteiger partial charge in [0.05, 0.1) is 6.61 Å². The summed E-state index contributed by atoms with van der Waals surface area (Å²) < 4.78 is 0. The number of rotatable bonds is 7.